The molecule has 154 valence electrons. The molecule has 0 aliphatic carbocycles. The lowest BCUT2D eigenvalue weighted by Crippen LogP contribution is -2.14. The van der Waals surface area contributed by atoms with Crippen LogP contribution in [0, 0.1) is 6.92 Å². The van der Waals surface area contributed by atoms with Crippen molar-refractivity contribution in [2.75, 3.05) is 17.1 Å². The fourth-order valence-corrected chi connectivity index (χ4v) is 3.72. The van der Waals surface area contributed by atoms with Crippen molar-refractivity contribution < 1.29 is 22.7 Å². The summed E-state index contributed by atoms with van der Waals surface area (Å²) in [4.78, 5) is 24.2. The SMILES string of the molecule is COC(=O)c1cccc(NC(=O)c2ccc(NS(=O)(=O)c3ccc(C)cc3)cc2)c1. The van der Waals surface area contributed by atoms with Crippen molar-refractivity contribution in [2.45, 2.75) is 11.8 Å². The molecule has 0 bridgehead atoms. The number of hydrogen-bond acceptors (Lipinski definition) is 5. The van der Waals surface area contributed by atoms with Crippen LogP contribution in [0.2, 0.25) is 0 Å². The van der Waals surface area contributed by atoms with Gasteiger partial charge in [0, 0.05) is 16.9 Å². The number of esters is 1. The van der Waals surface area contributed by atoms with Gasteiger partial charge in [0.25, 0.3) is 15.9 Å². The molecule has 0 atom stereocenters. The predicted molar refractivity (Wildman–Crippen MR) is 114 cm³/mol. The first-order valence-electron chi connectivity index (χ1n) is 8.98. The van der Waals surface area contributed by atoms with Crippen LogP contribution in [0.3, 0.4) is 0 Å². The number of hydrogen-bond donors (Lipinski definition) is 2. The number of aryl methyl sites for hydroxylation is 1. The predicted octanol–water partition coefficient (Wildman–Crippen LogP) is 3.83. The summed E-state index contributed by atoms with van der Waals surface area (Å²) in [5, 5.41) is 2.69. The lowest BCUT2D eigenvalue weighted by Gasteiger charge is -2.10. The molecule has 0 saturated heterocycles. The van der Waals surface area contributed by atoms with Gasteiger partial charge in [0.15, 0.2) is 0 Å². The number of anilines is 2. The maximum Gasteiger partial charge on any atom is 0.337 e. The van der Waals surface area contributed by atoms with Crippen LogP contribution in [0.15, 0.2) is 77.7 Å². The van der Waals surface area contributed by atoms with Gasteiger partial charge in [-0.15, -0.1) is 0 Å². The molecule has 0 aliphatic heterocycles. The van der Waals surface area contributed by atoms with E-state index in [4.69, 9.17) is 0 Å². The molecule has 0 unspecified atom stereocenters. The van der Waals surface area contributed by atoms with Crippen LogP contribution in [-0.4, -0.2) is 27.4 Å². The Kier molecular flexibility index (Phi) is 6.17. The van der Waals surface area contributed by atoms with E-state index >= 15 is 0 Å². The molecular weight excluding hydrogens is 404 g/mol. The molecule has 8 heteroatoms. The van der Waals surface area contributed by atoms with E-state index in [1.807, 2.05) is 6.92 Å². The Bertz CT molecular complexity index is 1170. The monoisotopic (exact) mass is 424 g/mol. The van der Waals surface area contributed by atoms with Gasteiger partial charge in [-0.05, 0) is 61.5 Å². The van der Waals surface area contributed by atoms with Gasteiger partial charge >= 0.3 is 5.97 Å². The van der Waals surface area contributed by atoms with Crippen molar-refractivity contribution in [3.63, 3.8) is 0 Å². The maximum atomic E-state index is 12.5. The highest BCUT2D eigenvalue weighted by molar-refractivity contribution is 7.92. The molecule has 0 saturated carbocycles. The molecule has 3 aromatic carbocycles. The zero-order valence-electron chi connectivity index (χ0n) is 16.4. The lowest BCUT2D eigenvalue weighted by atomic mass is 10.1. The second-order valence-corrected chi connectivity index (χ2v) is 8.20. The Morgan fingerprint density at radius 1 is 0.833 bits per heavy atom. The second-order valence-electron chi connectivity index (χ2n) is 6.52. The van der Waals surface area contributed by atoms with E-state index in [2.05, 4.69) is 14.8 Å². The molecule has 7 nitrogen and oxygen atoms in total. The largest absolute Gasteiger partial charge is 0.465 e. The fourth-order valence-electron chi connectivity index (χ4n) is 2.67. The van der Waals surface area contributed by atoms with Crippen LogP contribution in [0.25, 0.3) is 0 Å². The third-order valence-corrected chi connectivity index (χ3v) is 5.67. The summed E-state index contributed by atoms with van der Waals surface area (Å²) in [5.41, 5.74) is 2.38. The fraction of sp³-hybridized carbons (Fsp3) is 0.0909. The number of methoxy groups -OCH3 is 1. The summed E-state index contributed by atoms with van der Waals surface area (Å²) in [6.45, 7) is 1.87. The van der Waals surface area contributed by atoms with E-state index in [1.165, 1.54) is 49.6 Å². The van der Waals surface area contributed by atoms with E-state index in [1.54, 1.807) is 30.3 Å². The standard InChI is InChI=1S/C22H20N2O5S/c1-15-6-12-20(13-7-15)30(27,28)24-18-10-8-16(9-11-18)21(25)23-19-5-3-4-17(14-19)22(26)29-2/h3-14,24H,1-2H3,(H,23,25). The molecule has 0 aliphatic rings. The number of amides is 1. The Morgan fingerprint density at radius 2 is 1.50 bits per heavy atom. The lowest BCUT2D eigenvalue weighted by molar-refractivity contribution is 0.0600. The Hall–Kier alpha value is -3.65. The van der Waals surface area contributed by atoms with Gasteiger partial charge in [0.2, 0.25) is 0 Å². The number of sulfonamides is 1. The van der Waals surface area contributed by atoms with Gasteiger partial charge in [0.1, 0.15) is 0 Å². The average Bonchev–Trinajstić information content (AvgIpc) is 2.74. The molecular formula is C22H20N2O5S. The smallest absolute Gasteiger partial charge is 0.337 e. The summed E-state index contributed by atoms with van der Waals surface area (Å²) in [6, 6.07) is 18.9. The van der Waals surface area contributed by atoms with Gasteiger partial charge in [-0.2, -0.15) is 0 Å². The normalized spacial score (nSPS) is 10.9. The summed E-state index contributed by atoms with van der Waals surface area (Å²) in [7, 11) is -2.44. The molecule has 3 rings (SSSR count). The molecule has 0 fully saturated rings. The van der Waals surface area contributed by atoms with Gasteiger partial charge in [-0.3, -0.25) is 9.52 Å². The topological polar surface area (TPSA) is 102 Å². The first kappa shape index (κ1) is 21.1. The Balaban J connectivity index is 1.70. The van der Waals surface area contributed by atoms with Crippen LogP contribution in [0.4, 0.5) is 11.4 Å². The van der Waals surface area contributed by atoms with Crippen LogP contribution in [0.5, 0.6) is 0 Å². The van der Waals surface area contributed by atoms with E-state index in [0.717, 1.165) is 5.56 Å². The second kappa shape index (κ2) is 8.79. The molecule has 30 heavy (non-hydrogen) atoms. The Morgan fingerprint density at radius 3 is 2.13 bits per heavy atom. The maximum absolute atomic E-state index is 12.5. The van der Waals surface area contributed by atoms with Crippen molar-refractivity contribution in [3.05, 3.63) is 89.5 Å². The van der Waals surface area contributed by atoms with Crippen molar-refractivity contribution in [1.29, 1.82) is 0 Å². The summed E-state index contributed by atoms with van der Waals surface area (Å²) in [5.74, 6) is -0.902. The Labute approximate surface area is 174 Å². The highest BCUT2D eigenvalue weighted by Crippen LogP contribution is 2.18. The van der Waals surface area contributed by atoms with E-state index in [-0.39, 0.29) is 4.90 Å². The number of carbonyl (C=O) groups excluding carboxylic acids is 2. The highest BCUT2D eigenvalue weighted by atomic mass is 32.2. The third-order valence-electron chi connectivity index (χ3n) is 4.27. The van der Waals surface area contributed by atoms with Crippen molar-refractivity contribution in [3.8, 4) is 0 Å². The van der Waals surface area contributed by atoms with Crippen molar-refractivity contribution >= 4 is 33.3 Å². The number of nitrogens with one attached hydrogen (secondary N) is 2. The van der Waals surface area contributed by atoms with Crippen LogP contribution >= 0.6 is 0 Å². The average molecular weight is 424 g/mol. The van der Waals surface area contributed by atoms with E-state index in [9.17, 15) is 18.0 Å². The highest BCUT2D eigenvalue weighted by Gasteiger charge is 2.14. The van der Waals surface area contributed by atoms with E-state index in [0.29, 0.717) is 22.5 Å². The molecule has 0 radical (unpaired) electrons. The van der Waals surface area contributed by atoms with E-state index < -0.39 is 21.9 Å². The van der Waals surface area contributed by atoms with Crippen LogP contribution in [-0.2, 0) is 14.8 Å². The minimum atomic E-state index is -3.72. The third kappa shape index (κ3) is 5.03. The van der Waals surface area contributed by atoms with Gasteiger partial charge in [0.05, 0.1) is 17.6 Å². The molecule has 0 heterocycles. The van der Waals surface area contributed by atoms with Crippen molar-refractivity contribution in [1.82, 2.24) is 0 Å². The molecule has 0 aromatic heterocycles. The van der Waals surface area contributed by atoms with Gasteiger partial charge in [-0.25, -0.2) is 13.2 Å². The minimum absolute atomic E-state index is 0.153. The number of rotatable bonds is 6. The number of ether oxygens (including phenoxy) is 1. The summed E-state index contributed by atoms with van der Waals surface area (Å²) in [6.07, 6.45) is 0. The number of benzene rings is 3. The minimum Gasteiger partial charge on any atom is -0.465 e. The summed E-state index contributed by atoms with van der Waals surface area (Å²) >= 11 is 0. The zero-order chi connectivity index (χ0) is 21.7. The van der Waals surface area contributed by atoms with Crippen LogP contribution < -0.4 is 10.0 Å². The summed E-state index contributed by atoms with van der Waals surface area (Å²) < 4.78 is 32.1. The molecule has 0 spiro atoms. The van der Waals surface area contributed by atoms with Crippen molar-refractivity contribution in [2.24, 2.45) is 0 Å². The first-order valence-corrected chi connectivity index (χ1v) is 10.5. The first-order chi connectivity index (χ1) is 14.3. The molecule has 2 N–H and O–H groups in total. The quantitative estimate of drug-likeness (QED) is 0.586. The van der Waals surface area contributed by atoms with Crippen LogP contribution in [0.1, 0.15) is 26.3 Å². The molecule has 1 amide bonds. The zero-order valence-corrected chi connectivity index (χ0v) is 17.2. The number of carbonyl (C=O) groups is 2. The van der Waals surface area contributed by atoms with Gasteiger partial charge < -0.3 is 10.1 Å². The van der Waals surface area contributed by atoms with Gasteiger partial charge in [-0.1, -0.05) is 23.8 Å². The molecule has 3 aromatic rings.